The van der Waals surface area contributed by atoms with E-state index in [0.29, 0.717) is 12.7 Å². The molecule has 1 aromatic rings. The number of thioether (sulfide) groups is 1. The van der Waals surface area contributed by atoms with Crippen LogP contribution in [0, 0.1) is 0 Å². The fourth-order valence-electron chi connectivity index (χ4n) is 2.02. The van der Waals surface area contributed by atoms with Crippen LogP contribution in [0.2, 0.25) is 0 Å². The Morgan fingerprint density at radius 2 is 2.10 bits per heavy atom. The summed E-state index contributed by atoms with van der Waals surface area (Å²) in [7, 11) is 0. The van der Waals surface area contributed by atoms with Gasteiger partial charge in [-0.25, -0.2) is 4.79 Å². The number of hydrogen-bond acceptors (Lipinski definition) is 3. The largest absolute Gasteiger partial charge is 0.480 e. The average molecular weight is 305 g/mol. The van der Waals surface area contributed by atoms with Crippen LogP contribution in [-0.4, -0.2) is 35.1 Å². The number of carbonyl (C=O) groups is 1. The highest BCUT2D eigenvalue weighted by Gasteiger charge is 2.57. The molecule has 0 bridgehead atoms. The Bertz CT molecular complexity index is 521. The fourth-order valence-corrected chi connectivity index (χ4v) is 3.28. The van der Waals surface area contributed by atoms with Crippen LogP contribution in [0.5, 0.6) is 0 Å². The quantitative estimate of drug-likeness (QED) is 0.898. The molecule has 1 heterocycles. The lowest BCUT2D eigenvalue weighted by Crippen LogP contribution is -2.60. The lowest BCUT2D eigenvalue weighted by molar-refractivity contribution is -0.205. The van der Waals surface area contributed by atoms with Crippen LogP contribution < -0.4 is 5.32 Å². The summed E-state index contributed by atoms with van der Waals surface area (Å²) in [6, 6.07) is 7.49. The van der Waals surface area contributed by atoms with Crippen LogP contribution in [-0.2, 0) is 4.79 Å². The van der Waals surface area contributed by atoms with E-state index in [2.05, 4.69) is 5.32 Å². The molecule has 0 saturated heterocycles. The summed E-state index contributed by atoms with van der Waals surface area (Å²) < 4.78 is 38.6. The monoisotopic (exact) mass is 305 g/mol. The molecule has 2 rings (SSSR count). The minimum absolute atomic E-state index is 0.0215. The third-order valence-electron chi connectivity index (χ3n) is 3.50. The summed E-state index contributed by atoms with van der Waals surface area (Å²) >= 11 is 1.57. The van der Waals surface area contributed by atoms with Crippen molar-refractivity contribution in [3.8, 4) is 0 Å². The third-order valence-corrected chi connectivity index (χ3v) is 4.75. The van der Waals surface area contributed by atoms with Crippen molar-refractivity contribution in [2.24, 2.45) is 0 Å². The molecule has 1 aliphatic rings. The van der Waals surface area contributed by atoms with Gasteiger partial charge in [0.05, 0.1) is 0 Å². The predicted octanol–water partition coefficient (Wildman–Crippen LogP) is 2.87. The van der Waals surface area contributed by atoms with Crippen LogP contribution in [0.4, 0.5) is 13.2 Å². The molecule has 20 heavy (non-hydrogen) atoms. The lowest BCUT2D eigenvalue weighted by Gasteiger charge is -2.30. The van der Waals surface area contributed by atoms with E-state index in [4.69, 9.17) is 5.11 Å². The van der Waals surface area contributed by atoms with Gasteiger partial charge in [-0.1, -0.05) is 18.2 Å². The fraction of sp³-hybridized carbons (Fsp3) is 0.462. The molecule has 0 fully saturated rings. The highest BCUT2D eigenvalue weighted by atomic mass is 32.2. The molecule has 110 valence electrons. The second-order valence-corrected chi connectivity index (χ2v) is 5.92. The number of hydrogen-bond donors (Lipinski definition) is 2. The van der Waals surface area contributed by atoms with Crippen molar-refractivity contribution in [1.82, 2.24) is 5.32 Å². The molecule has 0 radical (unpaired) electrons. The maximum absolute atomic E-state index is 12.9. The Hall–Kier alpha value is -1.21. The number of carboxylic acids is 1. The molecule has 0 amide bonds. The smallest absolute Gasteiger partial charge is 0.417 e. The van der Waals surface area contributed by atoms with Crippen molar-refractivity contribution < 1.29 is 23.1 Å². The maximum atomic E-state index is 12.9. The zero-order valence-corrected chi connectivity index (χ0v) is 11.5. The minimum Gasteiger partial charge on any atom is -0.480 e. The maximum Gasteiger partial charge on any atom is 0.417 e. The van der Waals surface area contributed by atoms with Crippen LogP contribution >= 0.6 is 11.8 Å². The summed E-state index contributed by atoms with van der Waals surface area (Å²) in [5, 5.41) is 11.0. The van der Waals surface area contributed by atoms with Crippen molar-refractivity contribution in [3.05, 3.63) is 29.8 Å². The molecule has 2 unspecified atom stereocenters. The van der Waals surface area contributed by atoms with Gasteiger partial charge < -0.3 is 5.11 Å². The number of aliphatic carboxylic acids is 1. The number of nitrogens with one attached hydrogen (secondary N) is 1. The van der Waals surface area contributed by atoms with E-state index in [-0.39, 0.29) is 12.5 Å². The van der Waals surface area contributed by atoms with Gasteiger partial charge in [0.25, 0.3) is 0 Å². The highest BCUT2D eigenvalue weighted by molar-refractivity contribution is 7.99. The summed E-state index contributed by atoms with van der Waals surface area (Å²) in [4.78, 5) is 12.0. The Balaban J connectivity index is 2.11. The van der Waals surface area contributed by atoms with E-state index < -0.39 is 17.7 Å². The van der Waals surface area contributed by atoms with Gasteiger partial charge in [0.2, 0.25) is 5.54 Å². The van der Waals surface area contributed by atoms with Crippen molar-refractivity contribution in [2.75, 3.05) is 12.3 Å². The zero-order valence-electron chi connectivity index (χ0n) is 10.7. The zero-order chi connectivity index (χ0) is 15.0. The van der Waals surface area contributed by atoms with E-state index in [0.717, 1.165) is 10.5 Å². The van der Waals surface area contributed by atoms with Gasteiger partial charge in [0.15, 0.2) is 0 Å². The van der Waals surface area contributed by atoms with Crippen molar-refractivity contribution >= 4 is 17.7 Å². The second kappa shape index (κ2) is 5.29. The first-order valence-corrected chi connectivity index (χ1v) is 7.01. The highest BCUT2D eigenvalue weighted by Crippen LogP contribution is 2.39. The molecule has 7 heteroatoms. The van der Waals surface area contributed by atoms with E-state index in [9.17, 15) is 18.0 Å². The first-order chi connectivity index (χ1) is 9.25. The van der Waals surface area contributed by atoms with Gasteiger partial charge in [0, 0.05) is 23.1 Å². The summed E-state index contributed by atoms with van der Waals surface area (Å²) in [6.07, 6.45) is -4.84. The number of alkyl halides is 3. The summed E-state index contributed by atoms with van der Waals surface area (Å²) in [5.41, 5.74) is -1.95. The summed E-state index contributed by atoms with van der Waals surface area (Å²) in [6.45, 7) is 0.635. The molecule has 2 atom stereocenters. The Kier molecular flexibility index (Phi) is 4.02. The molecular formula is C13H14F3NO2S. The van der Waals surface area contributed by atoms with Crippen LogP contribution in [0.15, 0.2) is 29.2 Å². The van der Waals surface area contributed by atoms with Gasteiger partial charge >= 0.3 is 12.1 Å². The van der Waals surface area contributed by atoms with Crippen LogP contribution in [0.3, 0.4) is 0 Å². The minimum atomic E-state index is -4.84. The van der Waals surface area contributed by atoms with Gasteiger partial charge in [-0.2, -0.15) is 13.2 Å². The van der Waals surface area contributed by atoms with Crippen molar-refractivity contribution in [2.45, 2.75) is 29.5 Å². The van der Waals surface area contributed by atoms with E-state index in [1.54, 1.807) is 11.8 Å². The number of carboxylic acid groups (broad SMARTS) is 1. The number of fused-ring (bicyclic) bond motifs is 1. The molecule has 0 aliphatic carbocycles. The van der Waals surface area contributed by atoms with Crippen molar-refractivity contribution in [1.29, 1.82) is 0 Å². The number of halogens is 3. The third kappa shape index (κ3) is 2.64. The molecule has 3 nitrogen and oxygen atoms in total. The van der Waals surface area contributed by atoms with Crippen LogP contribution in [0.25, 0.3) is 0 Å². The van der Waals surface area contributed by atoms with E-state index in [1.807, 2.05) is 24.3 Å². The first kappa shape index (κ1) is 15.2. The second-order valence-electron chi connectivity index (χ2n) is 4.85. The molecule has 0 aromatic heterocycles. The molecule has 0 spiro atoms. The topological polar surface area (TPSA) is 49.3 Å². The van der Waals surface area contributed by atoms with Crippen LogP contribution in [0.1, 0.15) is 18.4 Å². The Labute approximate surface area is 118 Å². The molecule has 1 aliphatic heterocycles. The Morgan fingerprint density at radius 3 is 2.70 bits per heavy atom. The number of benzene rings is 1. The molecular weight excluding hydrogens is 291 g/mol. The van der Waals surface area contributed by atoms with Gasteiger partial charge in [-0.3, -0.25) is 5.32 Å². The predicted molar refractivity (Wildman–Crippen MR) is 70.0 cm³/mol. The van der Waals surface area contributed by atoms with E-state index in [1.165, 1.54) is 0 Å². The molecule has 0 saturated carbocycles. The lowest BCUT2D eigenvalue weighted by atomic mass is 9.97. The van der Waals surface area contributed by atoms with Crippen molar-refractivity contribution in [3.63, 3.8) is 0 Å². The standard InChI is InChI=1S/C13H14F3NO2S/c1-12(11(18)19,13(14,15)16)17-6-8-7-20-10-5-3-2-4-9(8)10/h2-5,8,17H,6-7H2,1H3,(H,18,19). The van der Waals surface area contributed by atoms with Gasteiger partial charge in [0.1, 0.15) is 0 Å². The summed E-state index contributed by atoms with van der Waals surface area (Å²) in [5.74, 6) is -1.37. The Morgan fingerprint density at radius 1 is 1.45 bits per heavy atom. The van der Waals surface area contributed by atoms with Gasteiger partial charge in [-0.15, -0.1) is 11.8 Å². The molecule has 1 aromatic carbocycles. The SMILES string of the molecule is CC(NCC1CSc2ccccc21)(C(=O)O)C(F)(F)F. The van der Waals surface area contributed by atoms with Gasteiger partial charge in [-0.05, 0) is 18.6 Å². The first-order valence-electron chi connectivity index (χ1n) is 6.02. The normalized spacial score (nSPS) is 21.3. The molecule has 2 N–H and O–H groups in total. The number of rotatable bonds is 4. The average Bonchev–Trinajstić information content (AvgIpc) is 2.77. The van der Waals surface area contributed by atoms with E-state index >= 15 is 0 Å².